The third kappa shape index (κ3) is 5.65. The van der Waals surface area contributed by atoms with Gasteiger partial charge in [-0.25, -0.2) is 4.79 Å². The zero-order chi connectivity index (χ0) is 19.9. The Morgan fingerprint density at radius 3 is 2.52 bits per heavy atom. The molecule has 2 rings (SSSR count). The molecule has 5 heteroatoms. The summed E-state index contributed by atoms with van der Waals surface area (Å²) in [5.74, 6) is -1.36. The predicted molar refractivity (Wildman–Crippen MR) is 104 cm³/mol. The van der Waals surface area contributed by atoms with Crippen LogP contribution in [0.25, 0.3) is 0 Å². The minimum absolute atomic E-state index is 0.346. The van der Waals surface area contributed by atoms with Gasteiger partial charge in [0.25, 0.3) is 5.91 Å². The summed E-state index contributed by atoms with van der Waals surface area (Å²) in [5.41, 5.74) is 0.569. The number of nitrogens with zero attached hydrogens (tertiary/aromatic N) is 1. The van der Waals surface area contributed by atoms with Crippen LogP contribution in [0, 0.1) is 5.41 Å². The highest BCUT2D eigenvalue weighted by atomic mass is 16.5. The Balaban J connectivity index is 1.79. The lowest BCUT2D eigenvalue weighted by atomic mass is 9.84. The van der Waals surface area contributed by atoms with E-state index in [1.165, 1.54) is 10.5 Å². The van der Waals surface area contributed by atoms with Crippen LogP contribution in [-0.4, -0.2) is 41.8 Å². The molecule has 0 unspecified atom stereocenters. The quantitative estimate of drug-likeness (QED) is 0.377. The molecule has 1 saturated heterocycles. The number of likely N-dealkylation sites (tertiary alicyclic amines) is 1. The van der Waals surface area contributed by atoms with Crippen LogP contribution in [0.3, 0.4) is 0 Å². The van der Waals surface area contributed by atoms with Gasteiger partial charge in [0.05, 0.1) is 6.61 Å². The number of hydrogen-bond donors (Lipinski definition) is 0. The molecule has 0 spiro atoms. The fourth-order valence-corrected chi connectivity index (χ4v) is 3.18. The van der Waals surface area contributed by atoms with Crippen LogP contribution in [0.2, 0.25) is 0 Å². The Bertz CT molecular complexity index is 654. The minimum Gasteiger partial charge on any atom is -0.464 e. The highest BCUT2D eigenvalue weighted by molar-refractivity contribution is 6.38. The van der Waals surface area contributed by atoms with Gasteiger partial charge in [0, 0.05) is 12.0 Å². The standard InChI is InChI=1S/C22H31NO4/c1-4-22(2,3)19(24)20(25)23-15-10-14-18(23)21(26)27-16-9-8-13-17-11-6-5-7-12-17/h5-7,11-12,18H,4,8-10,13-16H2,1-3H3/t18-/m0/s1. The van der Waals surface area contributed by atoms with Crippen LogP contribution >= 0.6 is 0 Å². The van der Waals surface area contributed by atoms with Crippen molar-refractivity contribution in [2.24, 2.45) is 5.41 Å². The number of aryl methyl sites for hydroxylation is 1. The lowest BCUT2D eigenvalue weighted by molar-refractivity contribution is -0.157. The number of carbonyl (C=O) groups is 3. The van der Waals surface area contributed by atoms with Crippen molar-refractivity contribution in [2.45, 2.75) is 65.3 Å². The molecule has 1 fully saturated rings. The van der Waals surface area contributed by atoms with Gasteiger partial charge in [-0.3, -0.25) is 9.59 Å². The molecule has 27 heavy (non-hydrogen) atoms. The molecular formula is C22H31NO4. The number of amides is 1. The summed E-state index contributed by atoms with van der Waals surface area (Å²) < 4.78 is 5.39. The van der Waals surface area contributed by atoms with Gasteiger partial charge in [-0.1, -0.05) is 51.1 Å². The first-order chi connectivity index (χ1) is 12.9. The third-order valence-electron chi connectivity index (χ3n) is 5.43. The number of unbranched alkanes of at least 4 members (excludes halogenated alkanes) is 1. The lowest BCUT2D eigenvalue weighted by Crippen LogP contribution is -2.48. The largest absolute Gasteiger partial charge is 0.464 e. The molecule has 1 aliphatic heterocycles. The van der Waals surface area contributed by atoms with E-state index < -0.39 is 23.1 Å². The van der Waals surface area contributed by atoms with E-state index in [-0.39, 0.29) is 5.97 Å². The van der Waals surface area contributed by atoms with Gasteiger partial charge >= 0.3 is 5.97 Å². The number of esters is 1. The van der Waals surface area contributed by atoms with Gasteiger partial charge < -0.3 is 9.64 Å². The number of hydrogen-bond acceptors (Lipinski definition) is 4. The van der Waals surface area contributed by atoms with Crippen molar-refractivity contribution < 1.29 is 19.1 Å². The number of ether oxygens (including phenoxy) is 1. The van der Waals surface area contributed by atoms with Crippen molar-refractivity contribution in [2.75, 3.05) is 13.2 Å². The van der Waals surface area contributed by atoms with E-state index in [0.29, 0.717) is 26.0 Å². The first-order valence-electron chi connectivity index (χ1n) is 9.93. The molecule has 1 amide bonds. The lowest BCUT2D eigenvalue weighted by Gasteiger charge is -2.27. The van der Waals surface area contributed by atoms with Crippen LogP contribution < -0.4 is 0 Å². The maximum atomic E-state index is 12.6. The van der Waals surface area contributed by atoms with Crippen LogP contribution in [-0.2, 0) is 25.5 Å². The summed E-state index contributed by atoms with van der Waals surface area (Å²) >= 11 is 0. The monoisotopic (exact) mass is 373 g/mol. The van der Waals surface area contributed by atoms with Crippen molar-refractivity contribution >= 4 is 17.7 Å². The summed E-state index contributed by atoms with van der Waals surface area (Å²) in [6, 6.07) is 9.57. The Labute approximate surface area is 162 Å². The van der Waals surface area contributed by atoms with Gasteiger partial charge in [0.15, 0.2) is 0 Å². The van der Waals surface area contributed by atoms with Gasteiger partial charge in [-0.2, -0.15) is 0 Å². The number of Topliss-reactive ketones (excluding diaryl/α,β-unsaturated/α-hetero) is 1. The first-order valence-corrected chi connectivity index (χ1v) is 9.93. The molecule has 1 aromatic carbocycles. The van der Waals surface area contributed by atoms with E-state index in [2.05, 4.69) is 12.1 Å². The Kier molecular flexibility index (Phi) is 7.57. The fraction of sp³-hybridized carbons (Fsp3) is 0.591. The maximum absolute atomic E-state index is 12.6. The van der Waals surface area contributed by atoms with Crippen LogP contribution in [0.15, 0.2) is 30.3 Å². The Morgan fingerprint density at radius 2 is 1.85 bits per heavy atom. The van der Waals surface area contributed by atoms with Crippen LogP contribution in [0.4, 0.5) is 0 Å². The summed E-state index contributed by atoms with van der Waals surface area (Å²) in [5, 5.41) is 0. The zero-order valence-electron chi connectivity index (χ0n) is 16.7. The average molecular weight is 373 g/mol. The van der Waals surface area contributed by atoms with E-state index in [0.717, 1.165) is 25.7 Å². The molecule has 0 N–H and O–H groups in total. The first kappa shape index (κ1) is 21.1. The van der Waals surface area contributed by atoms with Crippen molar-refractivity contribution in [3.63, 3.8) is 0 Å². The minimum atomic E-state index is -0.703. The molecule has 0 aromatic heterocycles. The number of rotatable bonds is 9. The van der Waals surface area contributed by atoms with E-state index in [1.54, 1.807) is 13.8 Å². The molecular weight excluding hydrogens is 342 g/mol. The molecule has 1 aromatic rings. The van der Waals surface area contributed by atoms with Crippen molar-refractivity contribution in [3.05, 3.63) is 35.9 Å². The topological polar surface area (TPSA) is 63.7 Å². The van der Waals surface area contributed by atoms with Gasteiger partial charge in [-0.05, 0) is 44.1 Å². The summed E-state index contributed by atoms with van der Waals surface area (Å²) in [6.45, 7) is 6.21. The normalized spacial score (nSPS) is 17.0. The number of benzene rings is 1. The van der Waals surface area contributed by atoms with Crippen molar-refractivity contribution in [1.29, 1.82) is 0 Å². The van der Waals surface area contributed by atoms with E-state index in [1.807, 2.05) is 25.1 Å². The summed E-state index contributed by atoms with van der Waals surface area (Å²) in [6.07, 6.45) is 4.54. The van der Waals surface area contributed by atoms with E-state index in [4.69, 9.17) is 4.74 Å². The fourth-order valence-electron chi connectivity index (χ4n) is 3.18. The molecule has 0 aliphatic carbocycles. The smallest absolute Gasteiger partial charge is 0.328 e. The molecule has 0 saturated carbocycles. The van der Waals surface area contributed by atoms with Gasteiger partial charge in [0.2, 0.25) is 5.78 Å². The second-order valence-corrected chi connectivity index (χ2v) is 7.83. The molecule has 148 valence electrons. The average Bonchev–Trinajstić information content (AvgIpc) is 3.17. The third-order valence-corrected chi connectivity index (χ3v) is 5.43. The Morgan fingerprint density at radius 1 is 1.15 bits per heavy atom. The van der Waals surface area contributed by atoms with Gasteiger partial charge in [0.1, 0.15) is 6.04 Å². The zero-order valence-corrected chi connectivity index (χ0v) is 16.7. The summed E-state index contributed by atoms with van der Waals surface area (Å²) in [7, 11) is 0. The summed E-state index contributed by atoms with van der Waals surface area (Å²) in [4.78, 5) is 38.8. The van der Waals surface area contributed by atoms with Crippen molar-refractivity contribution in [3.8, 4) is 0 Å². The molecule has 5 nitrogen and oxygen atoms in total. The highest BCUT2D eigenvalue weighted by Gasteiger charge is 2.41. The molecule has 0 radical (unpaired) electrons. The van der Waals surface area contributed by atoms with Crippen LogP contribution in [0.5, 0.6) is 0 Å². The molecule has 1 heterocycles. The number of ketones is 1. The predicted octanol–water partition coefficient (Wildman–Crippen LogP) is 3.55. The SMILES string of the molecule is CCC(C)(C)C(=O)C(=O)N1CCC[C@H]1C(=O)OCCCCc1ccccc1. The molecule has 0 bridgehead atoms. The van der Waals surface area contributed by atoms with Crippen molar-refractivity contribution in [1.82, 2.24) is 4.90 Å². The van der Waals surface area contributed by atoms with Crippen LogP contribution in [0.1, 0.15) is 58.4 Å². The second kappa shape index (κ2) is 9.67. The van der Waals surface area contributed by atoms with E-state index >= 15 is 0 Å². The molecule has 1 aliphatic rings. The van der Waals surface area contributed by atoms with Gasteiger partial charge in [-0.15, -0.1) is 0 Å². The maximum Gasteiger partial charge on any atom is 0.328 e. The van der Waals surface area contributed by atoms with E-state index in [9.17, 15) is 14.4 Å². The number of carbonyl (C=O) groups excluding carboxylic acids is 3. The highest BCUT2D eigenvalue weighted by Crippen LogP contribution is 2.26. The molecule has 1 atom stereocenters. The Hall–Kier alpha value is -2.17. The second-order valence-electron chi connectivity index (χ2n) is 7.83.